The minimum atomic E-state index is -3.61. The molecule has 1 heterocycles. The molecule has 0 saturated carbocycles. The number of benzene rings is 2. The Labute approximate surface area is 165 Å². The Morgan fingerprint density at radius 3 is 2.70 bits per heavy atom. The Hall–Kier alpha value is -1.89. The summed E-state index contributed by atoms with van der Waals surface area (Å²) in [6.07, 6.45) is 2.76. The number of carbonyl (C=O) groups is 1. The Bertz CT molecular complexity index is 930. The van der Waals surface area contributed by atoms with Crippen molar-refractivity contribution in [3.05, 3.63) is 64.7 Å². The molecule has 0 aromatic heterocycles. The number of nitrogens with one attached hydrogen (secondary N) is 1. The topological polar surface area (TPSA) is 66.5 Å². The molecule has 1 atom stereocenters. The minimum absolute atomic E-state index is 0.0264. The maximum atomic E-state index is 13.0. The van der Waals surface area contributed by atoms with Crippen molar-refractivity contribution in [2.24, 2.45) is 0 Å². The molecule has 2 aromatic rings. The first kappa shape index (κ1) is 19.9. The van der Waals surface area contributed by atoms with Crippen LogP contribution in [0.25, 0.3) is 0 Å². The fourth-order valence-electron chi connectivity index (χ4n) is 3.28. The molecule has 5 nitrogen and oxygen atoms in total. The van der Waals surface area contributed by atoms with Crippen LogP contribution in [-0.4, -0.2) is 31.2 Å². The number of nitrogens with zero attached hydrogens (tertiary/aromatic N) is 1. The summed E-state index contributed by atoms with van der Waals surface area (Å²) in [6, 6.07) is 13.4. The van der Waals surface area contributed by atoms with Gasteiger partial charge in [0.25, 0.3) is 5.91 Å². The SMILES string of the molecule is C[C@@H]1CCCCN1S(=O)(=O)c1cccc(C(=O)NCc2ccccc2Cl)c1. The molecular formula is C20H23ClN2O3S. The molecule has 1 saturated heterocycles. The van der Waals surface area contributed by atoms with Crippen molar-refractivity contribution >= 4 is 27.5 Å². The first-order valence-electron chi connectivity index (χ1n) is 9.03. The van der Waals surface area contributed by atoms with Crippen molar-refractivity contribution in [1.82, 2.24) is 9.62 Å². The van der Waals surface area contributed by atoms with Gasteiger partial charge in [0.1, 0.15) is 0 Å². The van der Waals surface area contributed by atoms with Gasteiger partial charge >= 0.3 is 0 Å². The molecule has 0 spiro atoms. The monoisotopic (exact) mass is 406 g/mol. The first-order valence-corrected chi connectivity index (χ1v) is 10.8. The summed E-state index contributed by atoms with van der Waals surface area (Å²) in [5.74, 6) is -0.335. The number of carbonyl (C=O) groups excluding carboxylic acids is 1. The number of amides is 1. The highest BCUT2D eigenvalue weighted by atomic mass is 35.5. The first-order chi connectivity index (χ1) is 12.9. The van der Waals surface area contributed by atoms with E-state index in [0.29, 0.717) is 17.1 Å². The van der Waals surface area contributed by atoms with E-state index < -0.39 is 10.0 Å². The van der Waals surface area contributed by atoms with Gasteiger partial charge in [0.2, 0.25) is 10.0 Å². The van der Waals surface area contributed by atoms with Crippen molar-refractivity contribution in [3.8, 4) is 0 Å². The van der Waals surface area contributed by atoms with Crippen LogP contribution >= 0.6 is 11.6 Å². The summed E-state index contributed by atoms with van der Waals surface area (Å²) in [5.41, 5.74) is 1.12. The summed E-state index contributed by atoms with van der Waals surface area (Å²) < 4.78 is 27.5. The Morgan fingerprint density at radius 2 is 1.96 bits per heavy atom. The molecule has 2 aromatic carbocycles. The van der Waals surface area contributed by atoms with Gasteiger partial charge in [-0.15, -0.1) is 0 Å². The third kappa shape index (κ3) is 4.51. The highest BCUT2D eigenvalue weighted by molar-refractivity contribution is 7.89. The number of hydrogen-bond donors (Lipinski definition) is 1. The fraction of sp³-hybridized carbons (Fsp3) is 0.350. The molecule has 1 fully saturated rings. The quantitative estimate of drug-likeness (QED) is 0.820. The molecule has 1 amide bonds. The van der Waals surface area contributed by atoms with Crippen LogP contribution in [0.2, 0.25) is 5.02 Å². The lowest BCUT2D eigenvalue weighted by Crippen LogP contribution is -2.42. The number of halogens is 1. The lowest BCUT2D eigenvalue weighted by molar-refractivity contribution is 0.0950. The molecule has 0 bridgehead atoms. The zero-order valence-electron chi connectivity index (χ0n) is 15.2. The summed E-state index contributed by atoms with van der Waals surface area (Å²) >= 11 is 6.10. The van der Waals surface area contributed by atoms with Crippen molar-refractivity contribution in [2.75, 3.05) is 6.54 Å². The van der Waals surface area contributed by atoms with Crippen LogP contribution in [0, 0.1) is 0 Å². The molecule has 27 heavy (non-hydrogen) atoms. The number of hydrogen-bond acceptors (Lipinski definition) is 3. The molecular weight excluding hydrogens is 384 g/mol. The minimum Gasteiger partial charge on any atom is -0.348 e. The summed E-state index contributed by atoms with van der Waals surface area (Å²) in [6.45, 7) is 2.72. The molecule has 0 radical (unpaired) electrons. The summed E-state index contributed by atoms with van der Waals surface area (Å²) in [7, 11) is -3.61. The fourth-order valence-corrected chi connectivity index (χ4v) is 5.23. The van der Waals surface area contributed by atoms with Gasteiger partial charge in [0.05, 0.1) is 4.90 Å². The van der Waals surface area contributed by atoms with Crippen LogP contribution in [0.5, 0.6) is 0 Å². The van der Waals surface area contributed by atoms with Gasteiger partial charge in [0.15, 0.2) is 0 Å². The van der Waals surface area contributed by atoms with Crippen LogP contribution in [0.4, 0.5) is 0 Å². The average Bonchev–Trinajstić information content (AvgIpc) is 2.67. The third-order valence-electron chi connectivity index (χ3n) is 4.84. The number of sulfonamides is 1. The largest absolute Gasteiger partial charge is 0.348 e. The van der Waals surface area contributed by atoms with Crippen molar-refractivity contribution < 1.29 is 13.2 Å². The predicted octanol–water partition coefficient (Wildman–Crippen LogP) is 3.83. The molecule has 144 valence electrons. The van der Waals surface area contributed by atoms with Gasteiger partial charge in [0, 0.05) is 29.7 Å². The Balaban J connectivity index is 1.76. The third-order valence-corrected chi connectivity index (χ3v) is 7.22. The second-order valence-electron chi connectivity index (χ2n) is 6.76. The van der Waals surface area contributed by atoms with E-state index in [0.717, 1.165) is 24.8 Å². The van der Waals surface area contributed by atoms with Crippen molar-refractivity contribution in [1.29, 1.82) is 0 Å². The maximum absolute atomic E-state index is 13.0. The van der Waals surface area contributed by atoms with E-state index in [1.165, 1.54) is 10.4 Å². The second-order valence-corrected chi connectivity index (χ2v) is 9.06. The van der Waals surface area contributed by atoms with E-state index in [2.05, 4.69) is 5.32 Å². The normalized spacial score (nSPS) is 18.2. The van der Waals surface area contributed by atoms with Gasteiger partial charge in [-0.1, -0.05) is 42.3 Å². The summed E-state index contributed by atoms with van der Waals surface area (Å²) in [5, 5.41) is 3.37. The Morgan fingerprint density at radius 1 is 1.19 bits per heavy atom. The zero-order valence-corrected chi connectivity index (χ0v) is 16.8. The molecule has 1 aliphatic heterocycles. The zero-order chi connectivity index (χ0) is 19.4. The van der Waals surface area contributed by atoms with Gasteiger partial charge in [-0.2, -0.15) is 4.31 Å². The highest BCUT2D eigenvalue weighted by Crippen LogP contribution is 2.25. The maximum Gasteiger partial charge on any atom is 0.251 e. The van der Waals surface area contributed by atoms with E-state index in [1.54, 1.807) is 24.3 Å². The van der Waals surface area contributed by atoms with Gasteiger partial charge in [-0.25, -0.2) is 8.42 Å². The van der Waals surface area contributed by atoms with Crippen LogP contribution < -0.4 is 5.32 Å². The summed E-state index contributed by atoms with van der Waals surface area (Å²) in [4.78, 5) is 12.6. The standard InChI is InChI=1S/C20H23ClN2O3S/c1-15-7-4-5-12-23(15)27(25,26)18-10-6-9-16(13-18)20(24)22-14-17-8-2-3-11-19(17)21/h2-3,6,8-11,13,15H,4-5,7,12,14H2,1H3,(H,22,24)/t15-/m1/s1. The molecule has 7 heteroatoms. The molecule has 0 unspecified atom stereocenters. The average molecular weight is 407 g/mol. The smallest absolute Gasteiger partial charge is 0.251 e. The highest BCUT2D eigenvalue weighted by Gasteiger charge is 2.31. The second kappa shape index (κ2) is 8.42. The lowest BCUT2D eigenvalue weighted by atomic mass is 10.1. The van der Waals surface area contributed by atoms with Crippen LogP contribution in [0.1, 0.15) is 42.1 Å². The Kier molecular flexibility index (Phi) is 6.19. The van der Waals surface area contributed by atoms with Crippen molar-refractivity contribution in [3.63, 3.8) is 0 Å². The van der Waals surface area contributed by atoms with Crippen LogP contribution in [0.15, 0.2) is 53.4 Å². The molecule has 1 aliphatic rings. The molecule has 3 rings (SSSR count). The molecule has 0 aliphatic carbocycles. The van der Waals surface area contributed by atoms with Crippen LogP contribution in [-0.2, 0) is 16.6 Å². The number of piperidine rings is 1. The molecule has 1 N–H and O–H groups in total. The van der Waals surface area contributed by atoms with Gasteiger partial charge < -0.3 is 5.32 Å². The van der Waals surface area contributed by atoms with E-state index in [-0.39, 0.29) is 23.4 Å². The van der Waals surface area contributed by atoms with Crippen LogP contribution in [0.3, 0.4) is 0 Å². The van der Waals surface area contributed by atoms with Gasteiger partial charge in [-0.3, -0.25) is 4.79 Å². The van der Waals surface area contributed by atoms with Crippen molar-refractivity contribution in [2.45, 2.75) is 43.7 Å². The van der Waals surface area contributed by atoms with E-state index >= 15 is 0 Å². The lowest BCUT2D eigenvalue weighted by Gasteiger charge is -2.32. The number of rotatable bonds is 5. The van der Waals surface area contributed by atoms with E-state index in [4.69, 9.17) is 11.6 Å². The van der Waals surface area contributed by atoms with E-state index in [1.807, 2.05) is 25.1 Å². The van der Waals surface area contributed by atoms with E-state index in [9.17, 15) is 13.2 Å². The predicted molar refractivity (Wildman–Crippen MR) is 106 cm³/mol. The van der Waals surface area contributed by atoms with Gasteiger partial charge in [-0.05, 0) is 49.6 Å².